The normalized spacial score (nSPS) is 11.7. The summed E-state index contributed by atoms with van der Waals surface area (Å²) >= 11 is 3.90. The number of nitrogen functional groups attached to an aromatic ring is 1. The fourth-order valence-corrected chi connectivity index (χ4v) is 4.30. The molecule has 23 heavy (non-hydrogen) atoms. The van der Waals surface area contributed by atoms with E-state index in [1.165, 1.54) is 0 Å². The third-order valence-electron chi connectivity index (χ3n) is 3.43. The molecule has 0 amide bonds. The van der Waals surface area contributed by atoms with Gasteiger partial charge in [-0.15, -0.1) is 21.5 Å². The van der Waals surface area contributed by atoms with Crippen LogP contribution in [0, 0.1) is 0 Å². The largest absolute Gasteiger partial charge is 0.382 e. The molecule has 1 atom stereocenters. The number of rotatable bonds is 3. The van der Waals surface area contributed by atoms with E-state index >= 15 is 0 Å². The number of fused-ring (bicyclic) bond motifs is 1. The van der Waals surface area contributed by atoms with Gasteiger partial charge >= 0.3 is 0 Å². The Kier molecular flexibility index (Phi) is 3.96. The Bertz CT molecular complexity index is 981. The molecule has 1 aromatic carbocycles. The predicted octanol–water partition coefficient (Wildman–Crippen LogP) is 3.99. The summed E-state index contributed by atoms with van der Waals surface area (Å²) in [4.78, 5) is 4.54. The zero-order valence-electron chi connectivity index (χ0n) is 11.6. The van der Waals surface area contributed by atoms with Gasteiger partial charge in [0, 0.05) is 22.9 Å². The van der Waals surface area contributed by atoms with Crippen LogP contribution in [0.2, 0.25) is 0 Å². The highest BCUT2D eigenvalue weighted by molar-refractivity contribution is 14.2. The van der Waals surface area contributed by atoms with Crippen LogP contribution in [0.1, 0.15) is 0 Å². The molecule has 0 radical (unpaired) electrons. The average molecular weight is 452 g/mol. The first-order valence-electron chi connectivity index (χ1n) is 6.64. The standard InChI is InChI=1S/C14H10IN6PS/c15-22-21-6-8(5-18-21)9-1-2-10(14-13(9)17-7-23-14)11-3-4-12(16)20-19-11/h1-7,22H,(H2,16,20). The van der Waals surface area contributed by atoms with E-state index in [1.807, 2.05) is 28.4 Å². The fraction of sp³-hybridized carbons (Fsp3) is 0. The molecule has 0 spiro atoms. The van der Waals surface area contributed by atoms with Crippen molar-refractivity contribution in [2.24, 2.45) is 0 Å². The van der Waals surface area contributed by atoms with Crippen LogP contribution in [0.3, 0.4) is 0 Å². The predicted molar refractivity (Wildman–Crippen MR) is 104 cm³/mol. The van der Waals surface area contributed by atoms with E-state index in [1.54, 1.807) is 17.4 Å². The number of nitrogens with zero attached hydrogens (tertiary/aromatic N) is 5. The molecule has 3 aromatic heterocycles. The number of hydrogen-bond donors (Lipinski definition) is 1. The molecule has 0 aliphatic heterocycles. The number of anilines is 1. The lowest BCUT2D eigenvalue weighted by atomic mass is 10.0. The van der Waals surface area contributed by atoms with Crippen LogP contribution >= 0.6 is 39.8 Å². The van der Waals surface area contributed by atoms with Crippen molar-refractivity contribution < 1.29 is 0 Å². The highest BCUT2D eigenvalue weighted by Gasteiger charge is 2.14. The van der Waals surface area contributed by atoms with Crippen LogP contribution in [0.25, 0.3) is 32.6 Å². The first-order valence-corrected chi connectivity index (χ1v) is 11.6. The molecule has 0 bridgehead atoms. The zero-order chi connectivity index (χ0) is 15.8. The molecule has 114 valence electrons. The summed E-state index contributed by atoms with van der Waals surface area (Å²) in [5, 5.41) is 12.5. The third-order valence-corrected chi connectivity index (χ3v) is 6.19. The van der Waals surface area contributed by atoms with Gasteiger partial charge in [-0.25, -0.2) is 9.44 Å². The van der Waals surface area contributed by atoms with Gasteiger partial charge in [-0.2, -0.15) is 5.10 Å². The second kappa shape index (κ2) is 6.10. The molecule has 0 fully saturated rings. The third kappa shape index (κ3) is 2.71. The lowest BCUT2D eigenvalue weighted by molar-refractivity contribution is 1.01. The van der Waals surface area contributed by atoms with Gasteiger partial charge in [0.05, 0.1) is 34.0 Å². The molecule has 0 aliphatic rings. The molecule has 0 saturated heterocycles. The van der Waals surface area contributed by atoms with Crippen LogP contribution < -0.4 is 5.73 Å². The van der Waals surface area contributed by atoms with Crippen LogP contribution in [-0.4, -0.2) is 24.7 Å². The topological polar surface area (TPSA) is 82.5 Å². The summed E-state index contributed by atoms with van der Waals surface area (Å²) in [6.07, 6.45) is 4.50. The minimum atomic E-state index is 0.415. The van der Waals surface area contributed by atoms with Crippen LogP contribution in [0.5, 0.6) is 0 Å². The van der Waals surface area contributed by atoms with E-state index in [0.29, 0.717) is 12.2 Å². The molecular formula is C14H10IN6PS. The van der Waals surface area contributed by atoms with Crippen molar-refractivity contribution in [1.82, 2.24) is 24.7 Å². The van der Waals surface area contributed by atoms with E-state index in [2.05, 4.69) is 54.5 Å². The second-order valence-corrected chi connectivity index (χ2v) is 7.72. The first kappa shape index (κ1) is 14.9. The van der Waals surface area contributed by atoms with E-state index in [9.17, 15) is 0 Å². The number of hydrogen-bond acceptors (Lipinski definition) is 6. The molecule has 4 aromatic rings. The fourth-order valence-electron chi connectivity index (χ4n) is 2.38. The van der Waals surface area contributed by atoms with E-state index in [-0.39, 0.29) is 0 Å². The number of nitrogens with two attached hydrogens (primary N) is 1. The van der Waals surface area contributed by atoms with Gasteiger partial charge in [0.15, 0.2) is 0 Å². The molecule has 6 nitrogen and oxygen atoms in total. The van der Waals surface area contributed by atoms with E-state index in [0.717, 1.165) is 32.6 Å². The highest BCUT2D eigenvalue weighted by Crippen LogP contribution is 2.37. The monoisotopic (exact) mass is 452 g/mol. The Balaban J connectivity index is 1.89. The summed E-state index contributed by atoms with van der Waals surface area (Å²) in [5.41, 5.74) is 12.4. The van der Waals surface area contributed by atoms with Gasteiger partial charge in [0.1, 0.15) is 5.82 Å². The zero-order valence-corrected chi connectivity index (χ0v) is 15.6. The van der Waals surface area contributed by atoms with E-state index < -0.39 is 0 Å². The Morgan fingerprint density at radius 3 is 2.74 bits per heavy atom. The maximum Gasteiger partial charge on any atom is 0.146 e. The summed E-state index contributed by atoms with van der Waals surface area (Å²) < 4.78 is 3.01. The lowest BCUT2D eigenvalue weighted by Crippen LogP contribution is -1.94. The number of thiazole rings is 1. The highest BCUT2D eigenvalue weighted by atomic mass is 127. The smallest absolute Gasteiger partial charge is 0.146 e. The molecule has 9 heteroatoms. The Morgan fingerprint density at radius 2 is 2.00 bits per heavy atom. The van der Waals surface area contributed by atoms with Gasteiger partial charge in [0.2, 0.25) is 0 Å². The summed E-state index contributed by atoms with van der Waals surface area (Å²) in [7, 11) is 0. The summed E-state index contributed by atoms with van der Waals surface area (Å²) in [6.45, 7) is 0. The van der Waals surface area contributed by atoms with Crippen LogP contribution in [0.15, 0.2) is 42.2 Å². The Morgan fingerprint density at radius 1 is 1.13 bits per heavy atom. The average Bonchev–Trinajstić information content (AvgIpc) is 3.24. The SMILES string of the molecule is Nc1ccc(-c2ccc(-c3cnn(PI)c3)c3ncsc23)nn1. The molecule has 3 heterocycles. The van der Waals surface area contributed by atoms with Crippen molar-refractivity contribution in [1.29, 1.82) is 0 Å². The lowest BCUT2D eigenvalue weighted by Gasteiger charge is -2.05. The van der Waals surface area contributed by atoms with Crippen LogP contribution in [0.4, 0.5) is 5.82 Å². The van der Waals surface area contributed by atoms with Crippen molar-refractivity contribution in [2.75, 3.05) is 5.73 Å². The minimum Gasteiger partial charge on any atom is -0.382 e. The van der Waals surface area contributed by atoms with Gasteiger partial charge in [-0.1, -0.05) is 12.1 Å². The van der Waals surface area contributed by atoms with Crippen molar-refractivity contribution in [2.45, 2.75) is 0 Å². The summed E-state index contributed by atoms with van der Waals surface area (Å²) in [6, 6.07) is 7.76. The summed E-state index contributed by atoms with van der Waals surface area (Å²) in [5.74, 6) is 0.415. The van der Waals surface area contributed by atoms with Crippen LogP contribution in [-0.2, 0) is 0 Å². The number of benzene rings is 1. The molecule has 0 aliphatic carbocycles. The van der Waals surface area contributed by atoms with Gasteiger partial charge in [-0.3, -0.25) is 0 Å². The Hall–Kier alpha value is -1.64. The van der Waals surface area contributed by atoms with Gasteiger partial charge in [-0.05, 0) is 34.2 Å². The van der Waals surface area contributed by atoms with Crippen molar-refractivity contribution >= 4 is 55.8 Å². The van der Waals surface area contributed by atoms with Crippen molar-refractivity contribution in [3.63, 3.8) is 0 Å². The first-order chi connectivity index (χ1) is 11.3. The van der Waals surface area contributed by atoms with Crippen molar-refractivity contribution in [3.8, 4) is 22.4 Å². The van der Waals surface area contributed by atoms with Gasteiger partial charge < -0.3 is 5.73 Å². The van der Waals surface area contributed by atoms with Gasteiger partial charge in [0.25, 0.3) is 0 Å². The Labute approximate surface area is 150 Å². The molecule has 0 saturated carbocycles. The number of halogens is 1. The second-order valence-electron chi connectivity index (χ2n) is 4.79. The minimum absolute atomic E-state index is 0.415. The molecular weight excluding hydrogens is 442 g/mol. The molecule has 1 unspecified atom stereocenters. The maximum absolute atomic E-state index is 5.62. The molecule has 2 N–H and O–H groups in total. The number of aromatic nitrogens is 5. The van der Waals surface area contributed by atoms with Crippen molar-refractivity contribution in [3.05, 3.63) is 42.2 Å². The van der Waals surface area contributed by atoms with E-state index in [4.69, 9.17) is 5.73 Å². The quantitative estimate of drug-likeness (QED) is 0.376. The molecule has 4 rings (SSSR count). The maximum atomic E-state index is 5.62.